The third kappa shape index (κ3) is 3.82. The van der Waals surface area contributed by atoms with Crippen molar-refractivity contribution in [2.45, 2.75) is 33.2 Å². The van der Waals surface area contributed by atoms with Gasteiger partial charge < -0.3 is 14.7 Å². The smallest absolute Gasteiger partial charge is 0.257 e. The van der Waals surface area contributed by atoms with Crippen LogP contribution in [0.25, 0.3) is 0 Å². The van der Waals surface area contributed by atoms with Crippen LogP contribution in [0.2, 0.25) is 0 Å². The highest BCUT2D eigenvalue weighted by Crippen LogP contribution is 2.22. The summed E-state index contributed by atoms with van der Waals surface area (Å²) < 4.78 is 5.24. The van der Waals surface area contributed by atoms with E-state index in [1.807, 2.05) is 26.0 Å². The van der Waals surface area contributed by atoms with Gasteiger partial charge in [0.05, 0.1) is 5.69 Å². The molecule has 1 aromatic heterocycles. The third-order valence-corrected chi connectivity index (χ3v) is 3.70. The van der Waals surface area contributed by atoms with Gasteiger partial charge in [0.1, 0.15) is 5.56 Å². The summed E-state index contributed by atoms with van der Waals surface area (Å²) in [5.41, 5.74) is 2.62. The number of nitrogens with one attached hydrogen (secondary N) is 1. The van der Waals surface area contributed by atoms with Crippen LogP contribution in [0.15, 0.2) is 28.8 Å². The molecule has 0 aliphatic rings. The highest BCUT2D eigenvalue weighted by Gasteiger charge is 2.22. The molecule has 2 aromatic rings. The Balaban J connectivity index is 2.05. The summed E-state index contributed by atoms with van der Waals surface area (Å²) in [6, 6.07) is 7.18. The number of carbonyl (C=O) groups excluding carboxylic acids is 2. The van der Waals surface area contributed by atoms with Crippen molar-refractivity contribution in [1.82, 2.24) is 15.4 Å². The Morgan fingerprint density at radius 3 is 2.38 bits per heavy atom. The van der Waals surface area contributed by atoms with E-state index in [0.29, 0.717) is 29.1 Å². The van der Waals surface area contributed by atoms with Crippen LogP contribution < -0.4 is 5.32 Å². The van der Waals surface area contributed by atoms with Gasteiger partial charge in [-0.05, 0) is 24.6 Å². The van der Waals surface area contributed by atoms with E-state index in [1.54, 1.807) is 33.2 Å². The fraction of sp³-hybridized carbons (Fsp3) is 0.389. The molecule has 128 valence electrons. The van der Waals surface area contributed by atoms with Crippen molar-refractivity contribution in [2.75, 3.05) is 14.1 Å². The van der Waals surface area contributed by atoms with Gasteiger partial charge in [0.25, 0.3) is 11.8 Å². The molecule has 0 saturated carbocycles. The number of hydrogen-bond acceptors (Lipinski definition) is 4. The first-order valence-electron chi connectivity index (χ1n) is 7.86. The van der Waals surface area contributed by atoms with Crippen molar-refractivity contribution in [3.63, 3.8) is 0 Å². The van der Waals surface area contributed by atoms with Crippen LogP contribution in [-0.2, 0) is 6.54 Å². The van der Waals surface area contributed by atoms with Crippen molar-refractivity contribution >= 4 is 11.8 Å². The molecule has 0 saturated heterocycles. The monoisotopic (exact) mass is 329 g/mol. The predicted molar refractivity (Wildman–Crippen MR) is 91.0 cm³/mol. The van der Waals surface area contributed by atoms with E-state index in [4.69, 9.17) is 4.52 Å². The maximum absolute atomic E-state index is 12.4. The van der Waals surface area contributed by atoms with Crippen molar-refractivity contribution < 1.29 is 14.1 Å². The number of aryl methyl sites for hydroxylation is 1. The van der Waals surface area contributed by atoms with Gasteiger partial charge in [-0.1, -0.05) is 31.1 Å². The van der Waals surface area contributed by atoms with Gasteiger partial charge in [0, 0.05) is 32.1 Å². The van der Waals surface area contributed by atoms with Gasteiger partial charge >= 0.3 is 0 Å². The van der Waals surface area contributed by atoms with Crippen molar-refractivity contribution in [2.24, 2.45) is 0 Å². The average Bonchev–Trinajstić information content (AvgIpc) is 2.94. The van der Waals surface area contributed by atoms with E-state index >= 15 is 0 Å². The van der Waals surface area contributed by atoms with Crippen molar-refractivity contribution in [1.29, 1.82) is 0 Å². The van der Waals surface area contributed by atoms with Gasteiger partial charge in [-0.2, -0.15) is 0 Å². The second-order valence-electron chi connectivity index (χ2n) is 6.24. The first-order valence-corrected chi connectivity index (χ1v) is 7.86. The molecule has 0 atom stereocenters. The highest BCUT2D eigenvalue weighted by molar-refractivity contribution is 5.96. The summed E-state index contributed by atoms with van der Waals surface area (Å²) in [5, 5.41) is 6.76. The largest absolute Gasteiger partial charge is 0.360 e. The van der Waals surface area contributed by atoms with E-state index in [2.05, 4.69) is 10.5 Å². The molecule has 0 radical (unpaired) electrons. The normalized spacial score (nSPS) is 10.8. The number of hydrogen-bond donors (Lipinski definition) is 1. The zero-order valence-electron chi connectivity index (χ0n) is 14.7. The molecule has 0 spiro atoms. The summed E-state index contributed by atoms with van der Waals surface area (Å²) in [4.78, 5) is 25.8. The van der Waals surface area contributed by atoms with Gasteiger partial charge in [-0.3, -0.25) is 9.59 Å². The minimum atomic E-state index is -0.203. The SMILES string of the molecule is Cc1noc(C(C)C)c1C(=O)NCc1ccc(C(=O)N(C)C)cc1. The van der Waals surface area contributed by atoms with Gasteiger partial charge in [0.15, 0.2) is 5.76 Å². The molecular formula is C18H23N3O3. The molecule has 0 bridgehead atoms. The predicted octanol–water partition coefficient (Wildman–Crippen LogP) is 2.74. The summed E-state index contributed by atoms with van der Waals surface area (Å²) in [6.45, 7) is 6.04. The van der Waals surface area contributed by atoms with Gasteiger partial charge in [-0.15, -0.1) is 0 Å². The Labute approximate surface area is 141 Å². The lowest BCUT2D eigenvalue weighted by Crippen LogP contribution is -2.24. The molecule has 6 nitrogen and oxygen atoms in total. The van der Waals surface area contributed by atoms with Gasteiger partial charge in [-0.25, -0.2) is 0 Å². The Morgan fingerprint density at radius 2 is 1.83 bits per heavy atom. The Morgan fingerprint density at radius 1 is 1.21 bits per heavy atom. The second-order valence-corrected chi connectivity index (χ2v) is 6.24. The van der Waals surface area contributed by atoms with Crippen LogP contribution in [0.3, 0.4) is 0 Å². The van der Waals surface area contributed by atoms with Crippen LogP contribution in [0.1, 0.15) is 57.5 Å². The minimum Gasteiger partial charge on any atom is -0.360 e. The topological polar surface area (TPSA) is 75.4 Å². The van der Waals surface area contributed by atoms with E-state index < -0.39 is 0 Å². The molecule has 1 heterocycles. The molecule has 2 amide bonds. The van der Waals surface area contributed by atoms with Crippen molar-refractivity contribution in [3.8, 4) is 0 Å². The Kier molecular flexibility index (Phi) is 5.39. The molecule has 1 aromatic carbocycles. The van der Waals surface area contributed by atoms with Gasteiger partial charge in [0.2, 0.25) is 0 Å². The third-order valence-electron chi connectivity index (χ3n) is 3.70. The number of amides is 2. The highest BCUT2D eigenvalue weighted by atomic mass is 16.5. The Hall–Kier alpha value is -2.63. The zero-order valence-corrected chi connectivity index (χ0v) is 14.7. The Bertz CT molecular complexity index is 730. The number of carbonyl (C=O) groups is 2. The standard InChI is InChI=1S/C18H23N3O3/c1-11(2)16-15(12(3)20-24-16)17(22)19-10-13-6-8-14(9-7-13)18(23)21(4)5/h6-9,11H,10H2,1-5H3,(H,19,22). The summed E-state index contributed by atoms with van der Waals surface area (Å²) in [6.07, 6.45) is 0. The minimum absolute atomic E-state index is 0.0488. The molecule has 0 aliphatic carbocycles. The van der Waals surface area contributed by atoms with E-state index in [0.717, 1.165) is 5.56 Å². The average molecular weight is 329 g/mol. The molecule has 0 aliphatic heterocycles. The first kappa shape index (κ1) is 17.7. The lowest BCUT2D eigenvalue weighted by atomic mass is 10.0. The maximum atomic E-state index is 12.4. The van der Waals surface area contributed by atoms with E-state index in [1.165, 1.54) is 4.90 Å². The quantitative estimate of drug-likeness (QED) is 0.915. The number of nitrogens with zero attached hydrogens (tertiary/aromatic N) is 2. The van der Waals surface area contributed by atoms with Crippen LogP contribution >= 0.6 is 0 Å². The van der Waals surface area contributed by atoms with Crippen LogP contribution in [-0.4, -0.2) is 36.0 Å². The fourth-order valence-corrected chi connectivity index (χ4v) is 2.35. The van der Waals surface area contributed by atoms with E-state index in [9.17, 15) is 9.59 Å². The molecule has 0 unspecified atom stereocenters. The lowest BCUT2D eigenvalue weighted by Gasteiger charge is -2.11. The number of aromatic nitrogens is 1. The summed E-state index contributed by atoms with van der Waals surface area (Å²) >= 11 is 0. The summed E-state index contributed by atoms with van der Waals surface area (Å²) in [7, 11) is 3.42. The van der Waals surface area contributed by atoms with E-state index in [-0.39, 0.29) is 17.7 Å². The maximum Gasteiger partial charge on any atom is 0.257 e. The molecule has 1 N–H and O–H groups in total. The summed E-state index contributed by atoms with van der Waals surface area (Å²) in [5.74, 6) is 0.429. The molecular weight excluding hydrogens is 306 g/mol. The zero-order chi connectivity index (χ0) is 17.9. The fourth-order valence-electron chi connectivity index (χ4n) is 2.35. The van der Waals surface area contributed by atoms with Crippen LogP contribution in [0.5, 0.6) is 0 Å². The van der Waals surface area contributed by atoms with Crippen LogP contribution in [0.4, 0.5) is 0 Å². The number of benzene rings is 1. The van der Waals surface area contributed by atoms with Crippen molar-refractivity contribution in [3.05, 3.63) is 52.4 Å². The molecule has 0 fully saturated rings. The molecule has 24 heavy (non-hydrogen) atoms. The first-order chi connectivity index (χ1) is 11.3. The second kappa shape index (κ2) is 7.29. The lowest BCUT2D eigenvalue weighted by molar-refractivity contribution is 0.0827. The molecule has 2 rings (SSSR count). The number of rotatable bonds is 5. The molecule has 6 heteroatoms. The van der Waals surface area contributed by atoms with Crippen LogP contribution in [0, 0.1) is 6.92 Å².